The molecule has 5 nitrogen and oxygen atoms in total. The van der Waals surface area contributed by atoms with Gasteiger partial charge < -0.3 is 9.47 Å². The van der Waals surface area contributed by atoms with Gasteiger partial charge in [0.15, 0.2) is 11.5 Å². The van der Waals surface area contributed by atoms with Crippen LogP contribution in [-0.4, -0.2) is 24.9 Å². The number of imide groups is 1. The van der Waals surface area contributed by atoms with E-state index in [9.17, 15) is 9.59 Å². The third kappa shape index (κ3) is 3.13. The van der Waals surface area contributed by atoms with E-state index in [1.165, 1.54) is 7.11 Å². The van der Waals surface area contributed by atoms with Crippen LogP contribution in [0.2, 0.25) is 0 Å². The minimum absolute atomic E-state index is 0.142. The number of carbonyl (C=O) groups is 2. The number of hydrogen-bond donors (Lipinski definition) is 1. The molecule has 1 aromatic carbocycles. The number of rotatable bonds is 4. The summed E-state index contributed by atoms with van der Waals surface area (Å²) in [5.41, 5.74) is 0.724. The molecule has 102 valence electrons. The van der Waals surface area contributed by atoms with Crippen LogP contribution in [-0.2, 0) is 4.79 Å². The molecule has 0 spiro atoms. The molecule has 1 aromatic rings. The number of hydrogen-bond acceptors (Lipinski definition) is 5. The normalized spacial score (nSPS) is 15.9. The monoisotopic (exact) mass is 289 g/mol. The predicted octanol–water partition coefficient (Wildman–Crippen LogP) is 2.03. The highest BCUT2D eigenvalue weighted by Crippen LogP contribution is 2.31. The van der Waals surface area contributed by atoms with Gasteiger partial charge in [-0.25, -0.2) is 0 Å². The summed E-state index contributed by atoms with van der Waals surface area (Å²) in [6.07, 6.45) is 6.74. The molecule has 2 rings (SSSR count). The van der Waals surface area contributed by atoms with Crippen LogP contribution in [0.15, 0.2) is 23.1 Å². The standard InChI is InChI=1S/C14H11NO4S/c1-3-6-19-10-5-4-9(7-11(10)18-2)8-12-13(16)15-14(17)20-12/h1,4-5,7-8H,6H2,2H3,(H,15,16,17)/b12-8-. The van der Waals surface area contributed by atoms with Crippen LogP contribution < -0.4 is 14.8 Å². The van der Waals surface area contributed by atoms with E-state index in [4.69, 9.17) is 15.9 Å². The summed E-state index contributed by atoms with van der Waals surface area (Å²) in [6.45, 7) is 0.142. The maximum atomic E-state index is 11.5. The van der Waals surface area contributed by atoms with Crippen molar-refractivity contribution < 1.29 is 19.1 Å². The van der Waals surface area contributed by atoms with Crippen LogP contribution in [0, 0.1) is 12.3 Å². The first-order valence-electron chi connectivity index (χ1n) is 5.63. The van der Waals surface area contributed by atoms with E-state index in [1.54, 1.807) is 24.3 Å². The zero-order chi connectivity index (χ0) is 14.5. The molecule has 1 saturated heterocycles. The van der Waals surface area contributed by atoms with E-state index in [0.717, 1.165) is 17.3 Å². The van der Waals surface area contributed by atoms with Crippen LogP contribution in [0.5, 0.6) is 11.5 Å². The molecule has 20 heavy (non-hydrogen) atoms. The molecule has 0 aliphatic carbocycles. The molecule has 0 bridgehead atoms. The Morgan fingerprint density at radius 2 is 2.20 bits per heavy atom. The highest BCUT2D eigenvalue weighted by atomic mass is 32.2. The number of nitrogens with one attached hydrogen (secondary N) is 1. The average Bonchev–Trinajstić information content (AvgIpc) is 2.75. The molecule has 1 aliphatic heterocycles. The maximum Gasteiger partial charge on any atom is 0.290 e. The minimum Gasteiger partial charge on any atom is -0.493 e. The molecule has 1 fully saturated rings. The Morgan fingerprint density at radius 1 is 1.40 bits per heavy atom. The smallest absolute Gasteiger partial charge is 0.290 e. The van der Waals surface area contributed by atoms with Crippen molar-refractivity contribution in [3.63, 3.8) is 0 Å². The van der Waals surface area contributed by atoms with Crippen LogP contribution >= 0.6 is 11.8 Å². The van der Waals surface area contributed by atoms with Crippen molar-refractivity contribution >= 4 is 29.0 Å². The van der Waals surface area contributed by atoms with E-state index in [1.807, 2.05) is 0 Å². The van der Waals surface area contributed by atoms with Crippen LogP contribution in [0.25, 0.3) is 6.08 Å². The molecule has 6 heteroatoms. The second-order valence-corrected chi connectivity index (χ2v) is 4.77. The molecule has 1 N–H and O–H groups in total. The van der Waals surface area contributed by atoms with Gasteiger partial charge in [-0.2, -0.15) is 0 Å². The fourth-order valence-corrected chi connectivity index (χ4v) is 2.27. The average molecular weight is 289 g/mol. The number of carbonyl (C=O) groups excluding carboxylic acids is 2. The summed E-state index contributed by atoms with van der Waals surface area (Å²) < 4.78 is 10.5. The van der Waals surface area contributed by atoms with Crippen molar-refractivity contribution in [3.8, 4) is 23.8 Å². The van der Waals surface area contributed by atoms with E-state index in [-0.39, 0.29) is 11.8 Å². The summed E-state index contributed by atoms with van der Waals surface area (Å²) >= 11 is 0.863. The SMILES string of the molecule is C#CCOc1ccc(/C=C2\SC(=O)NC2=O)cc1OC. The van der Waals surface area contributed by atoms with Gasteiger partial charge in [0.25, 0.3) is 11.1 Å². The van der Waals surface area contributed by atoms with Gasteiger partial charge in [0.05, 0.1) is 12.0 Å². The molecular weight excluding hydrogens is 278 g/mol. The molecule has 2 amide bonds. The molecular formula is C14H11NO4S. The van der Waals surface area contributed by atoms with Crippen molar-refractivity contribution in [2.24, 2.45) is 0 Å². The fourth-order valence-electron chi connectivity index (χ4n) is 1.59. The van der Waals surface area contributed by atoms with Gasteiger partial charge in [0.1, 0.15) is 6.61 Å². The molecule has 0 radical (unpaired) electrons. The van der Waals surface area contributed by atoms with E-state index in [2.05, 4.69) is 11.2 Å². The van der Waals surface area contributed by atoms with Crippen molar-refractivity contribution in [3.05, 3.63) is 28.7 Å². The number of amides is 2. The summed E-state index contributed by atoms with van der Waals surface area (Å²) in [7, 11) is 1.51. The fraction of sp³-hybridized carbons (Fsp3) is 0.143. The number of ether oxygens (including phenoxy) is 2. The van der Waals surface area contributed by atoms with E-state index < -0.39 is 5.91 Å². The van der Waals surface area contributed by atoms with Crippen molar-refractivity contribution in [1.82, 2.24) is 5.32 Å². The zero-order valence-corrected chi connectivity index (χ0v) is 11.5. The van der Waals surface area contributed by atoms with Crippen LogP contribution in [0.3, 0.4) is 0 Å². The minimum atomic E-state index is -0.397. The Kier molecular flexibility index (Phi) is 4.33. The molecule has 1 heterocycles. The lowest BCUT2D eigenvalue weighted by Gasteiger charge is -2.09. The Labute approximate surface area is 120 Å². The first-order valence-corrected chi connectivity index (χ1v) is 6.45. The molecule has 0 saturated carbocycles. The first kappa shape index (κ1) is 14.0. The van der Waals surface area contributed by atoms with Gasteiger partial charge in [-0.1, -0.05) is 12.0 Å². The zero-order valence-electron chi connectivity index (χ0n) is 10.6. The van der Waals surface area contributed by atoms with Crippen LogP contribution in [0.1, 0.15) is 5.56 Å². The highest BCUT2D eigenvalue weighted by molar-refractivity contribution is 8.18. The Bertz CT molecular complexity index is 631. The first-order chi connectivity index (χ1) is 9.63. The van der Waals surface area contributed by atoms with Gasteiger partial charge in [-0.15, -0.1) is 6.42 Å². The van der Waals surface area contributed by atoms with E-state index >= 15 is 0 Å². The topological polar surface area (TPSA) is 64.6 Å². The highest BCUT2D eigenvalue weighted by Gasteiger charge is 2.25. The number of methoxy groups -OCH3 is 1. The number of benzene rings is 1. The van der Waals surface area contributed by atoms with E-state index in [0.29, 0.717) is 16.4 Å². The molecule has 0 atom stereocenters. The van der Waals surface area contributed by atoms with Crippen LogP contribution in [0.4, 0.5) is 4.79 Å². The lowest BCUT2D eigenvalue weighted by Crippen LogP contribution is -2.17. The molecule has 0 aromatic heterocycles. The number of terminal acetylenes is 1. The third-order valence-electron chi connectivity index (χ3n) is 2.44. The van der Waals surface area contributed by atoms with Gasteiger partial charge in [-0.05, 0) is 35.5 Å². The lowest BCUT2D eigenvalue weighted by atomic mass is 10.2. The number of thioether (sulfide) groups is 1. The van der Waals surface area contributed by atoms with Crippen molar-refractivity contribution in [1.29, 1.82) is 0 Å². The van der Waals surface area contributed by atoms with Crippen molar-refractivity contribution in [2.75, 3.05) is 13.7 Å². The summed E-state index contributed by atoms with van der Waals surface area (Å²) in [4.78, 5) is 22.9. The molecule has 0 unspecified atom stereocenters. The van der Waals surface area contributed by atoms with Crippen molar-refractivity contribution in [2.45, 2.75) is 0 Å². The summed E-state index contributed by atoms with van der Waals surface area (Å²) in [6, 6.07) is 5.15. The largest absolute Gasteiger partial charge is 0.493 e. The van der Waals surface area contributed by atoms with Gasteiger partial charge in [0, 0.05) is 0 Å². The lowest BCUT2D eigenvalue weighted by molar-refractivity contribution is -0.115. The quantitative estimate of drug-likeness (QED) is 0.678. The van der Waals surface area contributed by atoms with Gasteiger partial charge in [0.2, 0.25) is 0 Å². The Morgan fingerprint density at radius 3 is 2.80 bits per heavy atom. The van der Waals surface area contributed by atoms with Gasteiger partial charge >= 0.3 is 0 Å². The summed E-state index contributed by atoms with van der Waals surface area (Å²) in [5, 5.41) is 1.82. The summed E-state index contributed by atoms with van der Waals surface area (Å²) in [5.74, 6) is 3.00. The molecule has 1 aliphatic rings. The second-order valence-electron chi connectivity index (χ2n) is 3.76. The maximum absolute atomic E-state index is 11.5. The van der Waals surface area contributed by atoms with Gasteiger partial charge in [-0.3, -0.25) is 14.9 Å². The third-order valence-corrected chi connectivity index (χ3v) is 3.25. The Balaban J connectivity index is 2.26. The second kappa shape index (κ2) is 6.17. The predicted molar refractivity (Wildman–Crippen MR) is 76.4 cm³/mol. The Hall–Kier alpha value is -2.39.